The first-order valence-electron chi connectivity index (χ1n) is 13.1. The van der Waals surface area contributed by atoms with Crippen molar-refractivity contribution in [1.29, 1.82) is 0 Å². The number of benzene rings is 2. The molecule has 2 rings (SSSR count). The van der Waals surface area contributed by atoms with Gasteiger partial charge in [0.1, 0.15) is 11.8 Å². The van der Waals surface area contributed by atoms with E-state index in [-0.39, 0.29) is 24.8 Å². The van der Waals surface area contributed by atoms with Crippen LogP contribution in [-0.4, -0.2) is 56.1 Å². The van der Waals surface area contributed by atoms with E-state index >= 15 is 0 Å². The molecular weight excluding hydrogens is 502 g/mol. The van der Waals surface area contributed by atoms with E-state index in [2.05, 4.69) is 5.32 Å². The first kappa shape index (κ1) is 31.1. The van der Waals surface area contributed by atoms with Crippen molar-refractivity contribution in [3.8, 4) is 5.75 Å². The summed E-state index contributed by atoms with van der Waals surface area (Å²) in [6.45, 7) is 12.4. The highest BCUT2D eigenvalue weighted by molar-refractivity contribution is 7.92. The number of hydrogen-bond acceptors (Lipinski definition) is 5. The molecule has 0 saturated carbocycles. The Bertz CT molecular complexity index is 1170. The van der Waals surface area contributed by atoms with Crippen molar-refractivity contribution in [3.05, 3.63) is 59.7 Å². The summed E-state index contributed by atoms with van der Waals surface area (Å²) >= 11 is 0. The van der Waals surface area contributed by atoms with Crippen LogP contribution in [0.3, 0.4) is 0 Å². The lowest BCUT2D eigenvalue weighted by Gasteiger charge is -2.33. The zero-order chi connectivity index (χ0) is 28.5. The van der Waals surface area contributed by atoms with Crippen LogP contribution >= 0.6 is 0 Å². The Hall–Kier alpha value is -3.07. The van der Waals surface area contributed by atoms with Crippen molar-refractivity contribution in [2.24, 2.45) is 0 Å². The van der Waals surface area contributed by atoms with Gasteiger partial charge in [-0.15, -0.1) is 0 Å². The predicted molar refractivity (Wildman–Crippen MR) is 153 cm³/mol. The minimum absolute atomic E-state index is 0.105. The quantitative estimate of drug-likeness (QED) is 0.395. The van der Waals surface area contributed by atoms with Gasteiger partial charge in [-0.25, -0.2) is 8.42 Å². The molecule has 0 aliphatic carbocycles. The second-order valence-corrected chi connectivity index (χ2v) is 12.4. The van der Waals surface area contributed by atoms with Crippen LogP contribution < -0.4 is 14.4 Å². The summed E-state index contributed by atoms with van der Waals surface area (Å²) in [6.07, 6.45) is 2.02. The number of nitrogens with zero attached hydrogens (tertiary/aromatic N) is 2. The first-order valence-corrected chi connectivity index (χ1v) is 15.0. The number of ether oxygens (including phenoxy) is 1. The molecule has 0 aliphatic heterocycles. The summed E-state index contributed by atoms with van der Waals surface area (Å²) in [6, 6.07) is 14.1. The van der Waals surface area contributed by atoms with Gasteiger partial charge >= 0.3 is 0 Å². The number of hydrogen-bond donors (Lipinski definition) is 1. The average Bonchev–Trinajstić information content (AvgIpc) is 2.80. The smallest absolute Gasteiger partial charge is 0.243 e. The molecule has 2 amide bonds. The largest absolute Gasteiger partial charge is 0.494 e. The summed E-state index contributed by atoms with van der Waals surface area (Å²) in [7, 11) is -3.57. The second-order valence-electron chi connectivity index (χ2n) is 10.5. The molecule has 0 saturated heterocycles. The Kier molecular flexibility index (Phi) is 11.2. The van der Waals surface area contributed by atoms with E-state index in [0.717, 1.165) is 17.4 Å². The van der Waals surface area contributed by atoms with Crippen LogP contribution in [0.1, 0.15) is 65.0 Å². The van der Waals surface area contributed by atoms with E-state index in [4.69, 9.17) is 4.74 Å². The normalized spacial score (nSPS) is 12.5. The highest BCUT2D eigenvalue weighted by Gasteiger charge is 2.30. The molecule has 0 fully saturated rings. The summed E-state index contributed by atoms with van der Waals surface area (Å²) < 4.78 is 31.8. The highest BCUT2D eigenvalue weighted by atomic mass is 32.2. The second kappa shape index (κ2) is 13.6. The number of sulfonamides is 1. The summed E-state index contributed by atoms with van der Waals surface area (Å²) in [5, 5.41) is 3.00. The number of carbonyl (C=O) groups is 2. The zero-order valence-corrected chi connectivity index (χ0v) is 24.6. The number of carbonyl (C=O) groups excluding carboxylic acids is 2. The van der Waals surface area contributed by atoms with E-state index in [9.17, 15) is 18.0 Å². The molecule has 1 N–H and O–H groups in total. The third-order valence-corrected chi connectivity index (χ3v) is 7.10. The van der Waals surface area contributed by atoms with Gasteiger partial charge in [-0.05, 0) is 77.3 Å². The monoisotopic (exact) mass is 545 g/mol. The van der Waals surface area contributed by atoms with Crippen LogP contribution in [0.4, 0.5) is 5.69 Å². The van der Waals surface area contributed by atoms with E-state index in [1.807, 2.05) is 65.8 Å². The molecule has 2 aromatic carbocycles. The fourth-order valence-corrected chi connectivity index (χ4v) is 5.22. The lowest BCUT2D eigenvalue weighted by molar-refractivity contribution is -0.142. The van der Waals surface area contributed by atoms with Gasteiger partial charge in [-0.2, -0.15) is 0 Å². The number of nitrogens with one attached hydrogen (secondary N) is 1. The molecule has 0 bridgehead atoms. The summed E-state index contributed by atoms with van der Waals surface area (Å²) in [5.41, 5.74) is 2.08. The van der Waals surface area contributed by atoms with E-state index < -0.39 is 21.6 Å². The van der Waals surface area contributed by atoms with Gasteiger partial charge in [0.2, 0.25) is 21.8 Å². The van der Waals surface area contributed by atoms with Gasteiger partial charge in [0.05, 0.1) is 18.6 Å². The third kappa shape index (κ3) is 9.67. The van der Waals surface area contributed by atoms with E-state index in [1.165, 1.54) is 4.31 Å². The Morgan fingerprint density at radius 3 is 2.24 bits per heavy atom. The average molecular weight is 546 g/mol. The van der Waals surface area contributed by atoms with Crippen molar-refractivity contribution in [2.45, 2.75) is 78.9 Å². The first-order chi connectivity index (χ1) is 17.7. The van der Waals surface area contributed by atoms with Gasteiger partial charge in [-0.3, -0.25) is 13.9 Å². The van der Waals surface area contributed by atoms with Crippen LogP contribution in [-0.2, 0) is 26.2 Å². The number of rotatable bonds is 13. The van der Waals surface area contributed by atoms with Crippen molar-refractivity contribution in [3.63, 3.8) is 0 Å². The van der Waals surface area contributed by atoms with Crippen LogP contribution in [0.2, 0.25) is 0 Å². The lowest BCUT2D eigenvalue weighted by Crippen LogP contribution is -2.53. The maximum Gasteiger partial charge on any atom is 0.243 e. The Balaban J connectivity index is 2.22. The maximum absolute atomic E-state index is 13.5. The minimum atomic E-state index is -3.57. The van der Waals surface area contributed by atoms with Crippen molar-refractivity contribution in [1.82, 2.24) is 10.2 Å². The lowest BCUT2D eigenvalue weighted by atomic mass is 10.0. The van der Waals surface area contributed by atoms with Crippen molar-refractivity contribution >= 4 is 27.5 Å². The zero-order valence-electron chi connectivity index (χ0n) is 23.8. The van der Waals surface area contributed by atoms with Gasteiger partial charge < -0.3 is 15.0 Å². The molecule has 8 nitrogen and oxygen atoms in total. The van der Waals surface area contributed by atoms with Crippen LogP contribution in [0, 0.1) is 6.92 Å². The molecule has 210 valence electrons. The molecule has 2 aromatic rings. The molecular formula is C29H43N3O5S. The standard InChI is InChI=1S/C29H43N3O5S/c1-8-26(28(34)30-29(4,5)6)31(21-23-13-10-12-22(3)20-23)27(33)14-11-19-32(38(7,35)36)24-15-17-25(18-16-24)37-9-2/h10,12-13,15-18,20,26H,8-9,11,14,19,21H2,1-7H3,(H,30,34). The van der Waals surface area contributed by atoms with E-state index in [1.54, 1.807) is 29.2 Å². The number of aryl methyl sites for hydroxylation is 1. The molecule has 0 heterocycles. The summed E-state index contributed by atoms with van der Waals surface area (Å²) in [5.74, 6) is 0.265. The SMILES string of the molecule is CCOc1ccc(N(CCCC(=O)N(Cc2cccc(C)c2)C(CC)C(=O)NC(C)(C)C)S(C)(=O)=O)cc1. The topological polar surface area (TPSA) is 96.0 Å². The van der Waals surface area contributed by atoms with Gasteiger partial charge in [0, 0.05) is 25.0 Å². The minimum Gasteiger partial charge on any atom is -0.494 e. The maximum atomic E-state index is 13.5. The van der Waals surface area contributed by atoms with Crippen LogP contribution in [0.5, 0.6) is 5.75 Å². The molecule has 38 heavy (non-hydrogen) atoms. The number of amides is 2. The highest BCUT2D eigenvalue weighted by Crippen LogP contribution is 2.23. The van der Waals surface area contributed by atoms with Crippen molar-refractivity contribution < 1.29 is 22.7 Å². The van der Waals surface area contributed by atoms with E-state index in [0.29, 0.717) is 37.4 Å². The molecule has 0 radical (unpaired) electrons. The Morgan fingerprint density at radius 2 is 1.71 bits per heavy atom. The van der Waals surface area contributed by atoms with Gasteiger partial charge in [0.15, 0.2) is 0 Å². The fourth-order valence-electron chi connectivity index (χ4n) is 4.26. The molecule has 0 aliphatic rings. The Morgan fingerprint density at radius 1 is 1.05 bits per heavy atom. The molecule has 0 aromatic heterocycles. The summed E-state index contributed by atoms with van der Waals surface area (Å²) in [4.78, 5) is 28.3. The fraction of sp³-hybridized carbons (Fsp3) is 0.517. The Labute approximate surface area is 228 Å². The van der Waals surface area contributed by atoms with Crippen molar-refractivity contribution in [2.75, 3.05) is 23.7 Å². The van der Waals surface area contributed by atoms with Crippen LogP contribution in [0.15, 0.2) is 48.5 Å². The molecule has 9 heteroatoms. The molecule has 1 unspecified atom stereocenters. The third-order valence-electron chi connectivity index (χ3n) is 5.91. The van der Waals surface area contributed by atoms with Gasteiger partial charge in [-0.1, -0.05) is 36.8 Å². The van der Waals surface area contributed by atoms with Gasteiger partial charge in [0.25, 0.3) is 0 Å². The number of anilines is 1. The predicted octanol–water partition coefficient (Wildman–Crippen LogP) is 4.66. The molecule has 1 atom stereocenters. The molecule has 0 spiro atoms. The van der Waals surface area contributed by atoms with Crippen LogP contribution in [0.25, 0.3) is 0 Å².